The molecule has 1 aromatic carbocycles. The summed E-state index contributed by atoms with van der Waals surface area (Å²) >= 11 is 0. The number of likely N-dealkylation sites (N-methyl/N-ethyl adjacent to an activating group) is 1. The van der Waals surface area contributed by atoms with E-state index in [-0.39, 0.29) is 36.4 Å². The molecule has 1 aromatic rings. The molecular weight excluding hydrogens is 481 g/mol. The number of ether oxygens (including phenoxy) is 1. The van der Waals surface area contributed by atoms with Crippen molar-refractivity contribution in [1.29, 1.82) is 0 Å². The van der Waals surface area contributed by atoms with Gasteiger partial charge < -0.3 is 19.9 Å². The number of hydrogen-bond donors (Lipinski definition) is 1. The molecule has 29 heavy (non-hydrogen) atoms. The molecular formula is C21H34IN5O2. The monoisotopic (exact) mass is 515 g/mol. The van der Waals surface area contributed by atoms with Crippen LogP contribution in [0.15, 0.2) is 35.3 Å². The molecule has 3 rings (SSSR count). The molecule has 2 aliphatic heterocycles. The van der Waals surface area contributed by atoms with Crippen LogP contribution in [0.5, 0.6) is 0 Å². The van der Waals surface area contributed by atoms with E-state index in [0.29, 0.717) is 6.04 Å². The average Bonchev–Trinajstić information content (AvgIpc) is 3.21. The second kappa shape index (κ2) is 12.3. The van der Waals surface area contributed by atoms with Crippen molar-refractivity contribution in [2.24, 2.45) is 4.99 Å². The van der Waals surface area contributed by atoms with E-state index in [0.717, 1.165) is 64.7 Å². The number of amides is 1. The van der Waals surface area contributed by atoms with Crippen molar-refractivity contribution in [3.63, 3.8) is 0 Å². The number of carbonyl (C=O) groups is 1. The van der Waals surface area contributed by atoms with Crippen molar-refractivity contribution in [1.82, 2.24) is 20.0 Å². The number of guanidine groups is 1. The zero-order chi connectivity index (χ0) is 19.8. The number of carbonyl (C=O) groups excluding carboxylic acids is 1. The van der Waals surface area contributed by atoms with E-state index in [9.17, 15) is 4.79 Å². The van der Waals surface area contributed by atoms with Crippen molar-refractivity contribution in [2.45, 2.75) is 18.9 Å². The zero-order valence-corrected chi connectivity index (χ0v) is 19.9. The minimum absolute atomic E-state index is 0. The Morgan fingerprint density at radius 1 is 1.21 bits per heavy atom. The van der Waals surface area contributed by atoms with Gasteiger partial charge in [0.1, 0.15) is 6.54 Å². The number of halogens is 1. The second-order valence-corrected chi connectivity index (χ2v) is 7.63. The molecule has 2 heterocycles. The number of nitrogens with one attached hydrogen (secondary N) is 1. The largest absolute Gasteiger partial charge is 0.379 e. The van der Waals surface area contributed by atoms with Crippen LogP contribution in [0.3, 0.4) is 0 Å². The topological polar surface area (TPSA) is 60.4 Å². The van der Waals surface area contributed by atoms with Gasteiger partial charge in [0.25, 0.3) is 0 Å². The SMILES string of the molecule is CN(C)C(=O)CN=C(NCCc1ccccc1)N1CCC(N2CCOCC2)C1.I. The molecule has 0 spiro atoms. The van der Waals surface area contributed by atoms with E-state index in [2.05, 4.69) is 44.4 Å². The Labute approximate surface area is 191 Å². The molecule has 2 fully saturated rings. The summed E-state index contributed by atoms with van der Waals surface area (Å²) in [7, 11) is 3.54. The van der Waals surface area contributed by atoms with Crippen molar-refractivity contribution in [2.75, 3.05) is 66.6 Å². The number of aliphatic imine (C=N–C) groups is 1. The van der Waals surface area contributed by atoms with Crippen molar-refractivity contribution >= 4 is 35.8 Å². The highest BCUT2D eigenvalue weighted by Gasteiger charge is 2.30. The Bertz CT molecular complexity index is 650. The summed E-state index contributed by atoms with van der Waals surface area (Å²) in [6.07, 6.45) is 2.06. The van der Waals surface area contributed by atoms with Crippen LogP contribution in [-0.4, -0.2) is 99.2 Å². The summed E-state index contributed by atoms with van der Waals surface area (Å²) in [5.41, 5.74) is 1.30. The predicted octanol–water partition coefficient (Wildman–Crippen LogP) is 1.29. The Morgan fingerprint density at radius 3 is 2.62 bits per heavy atom. The molecule has 0 aliphatic carbocycles. The van der Waals surface area contributed by atoms with Gasteiger partial charge in [-0.2, -0.15) is 0 Å². The van der Waals surface area contributed by atoms with Crippen LogP contribution in [0.4, 0.5) is 0 Å². The Hall–Kier alpha value is -1.39. The quantitative estimate of drug-likeness (QED) is 0.352. The van der Waals surface area contributed by atoms with Crippen LogP contribution in [0.2, 0.25) is 0 Å². The second-order valence-electron chi connectivity index (χ2n) is 7.63. The van der Waals surface area contributed by atoms with Gasteiger partial charge in [-0.1, -0.05) is 30.3 Å². The molecule has 0 saturated carbocycles. The summed E-state index contributed by atoms with van der Waals surface area (Å²) in [5.74, 6) is 0.869. The number of morpholine rings is 1. The standard InChI is InChI=1S/C21H33N5O2.HI/c1-24(2)20(27)16-23-21(22-10-8-18-6-4-3-5-7-18)26-11-9-19(17-26)25-12-14-28-15-13-25;/h3-7,19H,8-17H2,1-2H3,(H,22,23);1H. The van der Waals surface area contributed by atoms with Crippen LogP contribution in [0, 0.1) is 0 Å². The first-order chi connectivity index (χ1) is 13.6. The van der Waals surface area contributed by atoms with Gasteiger partial charge in [0.15, 0.2) is 5.96 Å². The average molecular weight is 515 g/mol. The normalized spacial score (nSPS) is 20.3. The van der Waals surface area contributed by atoms with Gasteiger partial charge in [-0.05, 0) is 18.4 Å². The first kappa shape index (κ1) is 23.9. The highest BCUT2D eigenvalue weighted by molar-refractivity contribution is 14.0. The number of benzene rings is 1. The highest BCUT2D eigenvalue weighted by atomic mass is 127. The lowest BCUT2D eigenvalue weighted by Crippen LogP contribution is -2.47. The number of likely N-dealkylation sites (tertiary alicyclic amines) is 1. The molecule has 2 aliphatic rings. The van der Waals surface area contributed by atoms with E-state index in [1.54, 1.807) is 19.0 Å². The fourth-order valence-corrected chi connectivity index (χ4v) is 3.69. The van der Waals surface area contributed by atoms with Gasteiger partial charge in [0.05, 0.1) is 13.2 Å². The molecule has 1 atom stereocenters. The molecule has 2 saturated heterocycles. The Morgan fingerprint density at radius 2 is 1.93 bits per heavy atom. The first-order valence-electron chi connectivity index (χ1n) is 10.2. The van der Waals surface area contributed by atoms with Crippen LogP contribution < -0.4 is 5.32 Å². The van der Waals surface area contributed by atoms with E-state index >= 15 is 0 Å². The third kappa shape index (κ3) is 7.42. The lowest BCUT2D eigenvalue weighted by Gasteiger charge is -2.32. The summed E-state index contributed by atoms with van der Waals surface area (Å²) in [6.45, 7) is 6.56. The van der Waals surface area contributed by atoms with Crippen LogP contribution in [0.25, 0.3) is 0 Å². The number of nitrogens with zero attached hydrogens (tertiary/aromatic N) is 4. The van der Waals surface area contributed by atoms with Gasteiger partial charge in [-0.25, -0.2) is 4.99 Å². The fraction of sp³-hybridized carbons (Fsp3) is 0.619. The van der Waals surface area contributed by atoms with Crippen molar-refractivity contribution in [3.8, 4) is 0 Å². The Kier molecular flexibility index (Phi) is 10.2. The number of rotatable bonds is 6. The Balaban J connectivity index is 0.00000300. The fourth-order valence-electron chi connectivity index (χ4n) is 3.69. The van der Waals surface area contributed by atoms with Gasteiger partial charge in [-0.3, -0.25) is 9.69 Å². The number of hydrogen-bond acceptors (Lipinski definition) is 4. The van der Waals surface area contributed by atoms with Gasteiger partial charge in [0.2, 0.25) is 5.91 Å². The molecule has 1 unspecified atom stereocenters. The first-order valence-corrected chi connectivity index (χ1v) is 10.2. The van der Waals surface area contributed by atoms with Gasteiger partial charge >= 0.3 is 0 Å². The van der Waals surface area contributed by atoms with Crippen LogP contribution in [0.1, 0.15) is 12.0 Å². The lowest BCUT2D eigenvalue weighted by atomic mass is 10.1. The van der Waals surface area contributed by atoms with Crippen molar-refractivity contribution < 1.29 is 9.53 Å². The van der Waals surface area contributed by atoms with E-state index in [1.165, 1.54) is 5.56 Å². The van der Waals surface area contributed by atoms with Crippen LogP contribution in [-0.2, 0) is 16.0 Å². The third-order valence-corrected chi connectivity index (χ3v) is 5.43. The zero-order valence-electron chi connectivity index (χ0n) is 17.5. The summed E-state index contributed by atoms with van der Waals surface area (Å²) in [6, 6.07) is 11.0. The smallest absolute Gasteiger partial charge is 0.243 e. The maximum atomic E-state index is 12.0. The van der Waals surface area contributed by atoms with Gasteiger partial charge in [0, 0.05) is 52.9 Å². The maximum Gasteiger partial charge on any atom is 0.243 e. The molecule has 162 valence electrons. The molecule has 0 aromatic heterocycles. The van der Waals surface area contributed by atoms with E-state index < -0.39 is 0 Å². The molecule has 0 radical (unpaired) electrons. The highest BCUT2D eigenvalue weighted by Crippen LogP contribution is 2.17. The summed E-state index contributed by atoms with van der Waals surface area (Å²) in [5, 5.41) is 3.49. The maximum absolute atomic E-state index is 12.0. The predicted molar refractivity (Wildman–Crippen MR) is 127 cm³/mol. The van der Waals surface area contributed by atoms with Gasteiger partial charge in [-0.15, -0.1) is 24.0 Å². The van der Waals surface area contributed by atoms with E-state index in [4.69, 9.17) is 4.74 Å². The van der Waals surface area contributed by atoms with Crippen LogP contribution >= 0.6 is 24.0 Å². The summed E-state index contributed by atoms with van der Waals surface area (Å²) < 4.78 is 5.48. The molecule has 1 amide bonds. The minimum atomic E-state index is 0. The van der Waals surface area contributed by atoms with Crippen molar-refractivity contribution in [3.05, 3.63) is 35.9 Å². The molecule has 8 heteroatoms. The summed E-state index contributed by atoms with van der Waals surface area (Å²) in [4.78, 5) is 23.1. The third-order valence-electron chi connectivity index (χ3n) is 5.43. The van der Waals surface area contributed by atoms with E-state index in [1.807, 2.05) is 6.07 Å². The molecule has 7 nitrogen and oxygen atoms in total. The molecule has 0 bridgehead atoms. The lowest BCUT2D eigenvalue weighted by molar-refractivity contribution is -0.127. The minimum Gasteiger partial charge on any atom is -0.379 e. The molecule has 1 N–H and O–H groups in total.